The van der Waals surface area contributed by atoms with Gasteiger partial charge in [0.25, 0.3) is 0 Å². The first-order valence-electron chi connectivity index (χ1n) is 6.16. The van der Waals surface area contributed by atoms with Crippen LogP contribution in [0.2, 0.25) is 0 Å². The zero-order valence-electron chi connectivity index (χ0n) is 10.5. The fraction of sp³-hybridized carbons (Fsp3) is 0.400. The maximum Gasteiger partial charge on any atom is 0.146 e. The monoisotopic (exact) mass is 294 g/mol. The van der Waals surface area contributed by atoms with Gasteiger partial charge in [-0.15, -0.1) is 0 Å². The number of hydrogen-bond acceptors (Lipinski definition) is 1. The summed E-state index contributed by atoms with van der Waals surface area (Å²) in [6, 6.07) is 8.19. The Balaban J connectivity index is 3.19. The molecular weight excluding hydrogens is 276 g/mol. The van der Waals surface area contributed by atoms with Gasteiger partial charge in [0.05, 0.1) is 0 Å². The van der Waals surface area contributed by atoms with Gasteiger partial charge in [-0.1, -0.05) is 54.8 Å². The molecule has 1 nitrogen and oxygen atoms in total. The minimum Gasteiger partial charge on any atom is -0.298 e. The van der Waals surface area contributed by atoms with Gasteiger partial charge in [0, 0.05) is 4.47 Å². The molecule has 0 amide bonds. The van der Waals surface area contributed by atoms with Gasteiger partial charge in [-0.3, -0.25) is 4.79 Å². The van der Waals surface area contributed by atoms with Gasteiger partial charge in [-0.2, -0.15) is 0 Å². The van der Waals surface area contributed by atoms with Crippen LogP contribution in [-0.2, 0) is 4.79 Å². The third-order valence-electron chi connectivity index (χ3n) is 2.72. The first kappa shape index (κ1) is 14.2. The molecule has 0 saturated carbocycles. The number of rotatable bonds is 6. The lowest BCUT2D eigenvalue weighted by Gasteiger charge is -2.11. The number of halogens is 1. The van der Waals surface area contributed by atoms with E-state index in [0.717, 1.165) is 47.6 Å². The zero-order chi connectivity index (χ0) is 12.7. The van der Waals surface area contributed by atoms with Crippen LogP contribution in [0.4, 0.5) is 0 Å². The van der Waals surface area contributed by atoms with E-state index in [1.807, 2.05) is 12.1 Å². The van der Waals surface area contributed by atoms with Crippen LogP contribution < -0.4 is 0 Å². The summed E-state index contributed by atoms with van der Waals surface area (Å²) in [5.41, 5.74) is 3.31. The highest BCUT2D eigenvalue weighted by molar-refractivity contribution is 9.10. The van der Waals surface area contributed by atoms with Crippen molar-refractivity contribution in [2.45, 2.75) is 39.5 Å². The molecule has 0 aromatic heterocycles. The van der Waals surface area contributed by atoms with E-state index in [1.54, 1.807) is 0 Å². The Morgan fingerprint density at radius 2 is 1.94 bits per heavy atom. The van der Waals surface area contributed by atoms with Crippen molar-refractivity contribution in [3.63, 3.8) is 0 Å². The summed E-state index contributed by atoms with van der Waals surface area (Å²) >= 11 is 3.48. The van der Waals surface area contributed by atoms with E-state index in [2.05, 4.69) is 41.9 Å². The standard InChI is InChI=1S/C15H19BrO/c1-3-6-13(11-17)15(7-4-2)12-8-5-9-14(16)10-12/h5,8-11H,3-4,6-7H2,1-2H3/b15-13-. The van der Waals surface area contributed by atoms with E-state index in [1.165, 1.54) is 5.57 Å². The predicted molar refractivity (Wildman–Crippen MR) is 76.9 cm³/mol. The molecule has 1 rings (SSSR count). The van der Waals surface area contributed by atoms with E-state index in [0.29, 0.717) is 0 Å². The first-order chi connectivity index (χ1) is 8.22. The number of hydrogen-bond donors (Lipinski definition) is 0. The molecule has 92 valence electrons. The smallest absolute Gasteiger partial charge is 0.146 e. The first-order valence-corrected chi connectivity index (χ1v) is 6.95. The average Bonchev–Trinajstić information content (AvgIpc) is 2.33. The Hall–Kier alpha value is -0.890. The van der Waals surface area contributed by atoms with Crippen LogP contribution in [0, 0.1) is 0 Å². The summed E-state index contributed by atoms with van der Waals surface area (Å²) in [5.74, 6) is 0. The molecule has 0 unspecified atom stereocenters. The van der Waals surface area contributed by atoms with Crippen molar-refractivity contribution in [2.24, 2.45) is 0 Å². The van der Waals surface area contributed by atoms with Gasteiger partial charge in [0.2, 0.25) is 0 Å². The third kappa shape index (κ3) is 4.12. The largest absolute Gasteiger partial charge is 0.298 e. The Kier molecular flexibility index (Phi) is 6.20. The van der Waals surface area contributed by atoms with E-state index in [-0.39, 0.29) is 0 Å². The molecule has 0 spiro atoms. The highest BCUT2D eigenvalue weighted by Crippen LogP contribution is 2.27. The Labute approximate surface area is 112 Å². The van der Waals surface area contributed by atoms with Crippen molar-refractivity contribution in [3.8, 4) is 0 Å². The topological polar surface area (TPSA) is 17.1 Å². The molecule has 0 saturated heterocycles. The molecule has 0 N–H and O–H groups in total. The molecule has 1 aromatic rings. The lowest BCUT2D eigenvalue weighted by molar-refractivity contribution is -0.105. The molecule has 0 radical (unpaired) electrons. The summed E-state index contributed by atoms with van der Waals surface area (Å²) < 4.78 is 1.06. The zero-order valence-corrected chi connectivity index (χ0v) is 12.1. The summed E-state index contributed by atoms with van der Waals surface area (Å²) in [5, 5.41) is 0. The maximum absolute atomic E-state index is 11.2. The molecule has 0 aliphatic rings. The Bertz CT molecular complexity index is 407. The van der Waals surface area contributed by atoms with Crippen LogP contribution >= 0.6 is 15.9 Å². The predicted octanol–water partition coefficient (Wildman–Crippen LogP) is 5.00. The van der Waals surface area contributed by atoms with Crippen molar-refractivity contribution in [2.75, 3.05) is 0 Å². The minimum atomic E-state index is 0.866. The van der Waals surface area contributed by atoms with Gasteiger partial charge >= 0.3 is 0 Å². The fourth-order valence-electron chi connectivity index (χ4n) is 1.97. The quantitative estimate of drug-likeness (QED) is 0.533. The Morgan fingerprint density at radius 3 is 2.47 bits per heavy atom. The van der Waals surface area contributed by atoms with Crippen LogP contribution in [-0.4, -0.2) is 6.29 Å². The van der Waals surface area contributed by atoms with Crippen molar-refractivity contribution in [1.82, 2.24) is 0 Å². The molecule has 1 aromatic carbocycles. The van der Waals surface area contributed by atoms with Crippen LogP contribution in [0.5, 0.6) is 0 Å². The van der Waals surface area contributed by atoms with Gasteiger partial charge in [0.1, 0.15) is 6.29 Å². The normalized spacial score (nSPS) is 12.2. The lowest BCUT2D eigenvalue weighted by atomic mass is 9.94. The highest BCUT2D eigenvalue weighted by Gasteiger charge is 2.08. The van der Waals surface area contributed by atoms with E-state index >= 15 is 0 Å². The number of benzene rings is 1. The van der Waals surface area contributed by atoms with Crippen LogP contribution in [0.1, 0.15) is 45.1 Å². The number of carbonyl (C=O) groups is 1. The van der Waals surface area contributed by atoms with Crippen molar-refractivity contribution in [3.05, 3.63) is 39.9 Å². The van der Waals surface area contributed by atoms with Crippen molar-refractivity contribution in [1.29, 1.82) is 0 Å². The molecule has 0 aliphatic heterocycles. The van der Waals surface area contributed by atoms with Crippen LogP contribution in [0.15, 0.2) is 34.3 Å². The van der Waals surface area contributed by atoms with Crippen LogP contribution in [0.25, 0.3) is 5.57 Å². The van der Waals surface area contributed by atoms with E-state index in [9.17, 15) is 4.79 Å². The van der Waals surface area contributed by atoms with Crippen molar-refractivity contribution < 1.29 is 4.79 Å². The minimum absolute atomic E-state index is 0.866. The molecule has 2 heteroatoms. The van der Waals surface area contributed by atoms with E-state index < -0.39 is 0 Å². The average molecular weight is 295 g/mol. The van der Waals surface area contributed by atoms with Gasteiger partial charge in [-0.05, 0) is 41.7 Å². The summed E-state index contributed by atoms with van der Waals surface area (Å²) in [4.78, 5) is 11.2. The molecule has 0 bridgehead atoms. The second kappa shape index (κ2) is 7.44. The summed E-state index contributed by atoms with van der Waals surface area (Å²) in [6.45, 7) is 4.25. The van der Waals surface area contributed by atoms with Crippen molar-refractivity contribution >= 4 is 27.8 Å². The molecule has 0 fully saturated rings. The lowest BCUT2D eigenvalue weighted by Crippen LogP contribution is -1.94. The maximum atomic E-state index is 11.2. The molecule has 0 atom stereocenters. The number of allylic oxidation sites excluding steroid dienone is 2. The van der Waals surface area contributed by atoms with Gasteiger partial charge < -0.3 is 0 Å². The molecule has 17 heavy (non-hydrogen) atoms. The van der Waals surface area contributed by atoms with E-state index in [4.69, 9.17) is 0 Å². The van der Waals surface area contributed by atoms with Crippen LogP contribution in [0.3, 0.4) is 0 Å². The molecular formula is C15H19BrO. The summed E-state index contributed by atoms with van der Waals surface area (Å²) in [7, 11) is 0. The second-order valence-electron chi connectivity index (χ2n) is 4.13. The summed E-state index contributed by atoms with van der Waals surface area (Å²) in [6.07, 6.45) is 4.92. The van der Waals surface area contributed by atoms with Gasteiger partial charge in [-0.25, -0.2) is 0 Å². The SMILES string of the molecule is CCC/C(C=O)=C(\CCC)c1cccc(Br)c1. The van der Waals surface area contributed by atoms with Gasteiger partial charge in [0.15, 0.2) is 0 Å². The Morgan fingerprint density at radius 1 is 1.24 bits per heavy atom. The molecule has 0 heterocycles. The number of aldehydes is 1. The fourth-order valence-corrected chi connectivity index (χ4v) is 2.37. The highest BCUT2D eigenvalue weighted by atomic mass is 79.9. The second-order valence-corrected chi connectivity index (χ2v) is 5.05. The molecule has 0 aliphatic carbocycles. The number of carbonyl (C=O) groups excluding carboxylic acids is 1. The third-order valence-corrected chi connectivity index (χ3v) is 3.22.